The summed E-state index contributed by atoms with van der Waals surface area (Å²) in [5, 5.41) is 8.73. The molecule has 11 heavy (non-hydrogen) atoms. The van der Waals surface area contributed by atoms with Gasteiger partial charge in [-0.2, -0.15) is 0 Å². The molecule has 3 heteroatoms. The van der Waals surface area contributed by atoms with Gasteiger partial charge in [0.05, 0.1) is 0 Å². The summed E-state index contributed by atoms with van der Waals surface area (Å²) in [4.78, 5) is 10.6. The summed E-state index contributed by atoms with van der Waals surface area (Å²) in [5.41, 5.74) is 6.90. The molecule has 0 fully saturated rings. The Balaban J connectivity index is 2.81. The van der Waals surface area contributed by atoms with Gasteiger partial charge < -0.3 is 10.8 Å². The normalized spacial score (nSPS) is 18.6. The zero-order valence-electron chi connectivity index (χ0n) is 6.47. The van der Waals surface area contributed by atoms with Crippen molar-refractivity contribution in [3.8, 4) is 0 Å². The van der Waals surface area contributed by atoms with Gasteiger partial charge in [0.25, 0.3) is 0 Å². The largest absolute Gasteiger partial charge is 0.478 e. The van der Waals surface area contributed by atoms with E-state index in [0.717, 1.165) is 24.8 Å². The van der Waals surface area contributed by atoms with Crippen molar-refractivity contribution in [2.24, 2.45) is 5.73 Å². The number of carboxylic acids is 1. The van der Waals surface area contributed by atoms with E-state index in [9.17, 15) is 4.79 Å². The van der Waals surface area contributed by atoms with Gasteiger partial charge in [-0.1, -0.05) is 0 Å². The third kappa shape index (κ3) is 1.80. The van der Waals surface area contributed by atoms with Gasteiger partial charge in [-0.15, -0.1) is 0 Å². The van der Waals surface area contributed by atoms with Gasteiger partial charge in [-0.25, -0.2) is 4.79 Å². The molecule has 0 unspecified atom stereocenters. The van der Waals surface area contributed by atoms with E-state index in [4.69, 9.17) is 10.8 Å². The maximum absolute atomic E-state index is 10.6. The van der Waals surface area contributed by atoms with Crippen molar-refractivity contribution in [1.82, 2.24) is 0 Å². The molecule has 0 saturated heterocycles. The molecule has 1 aliphatic carbocycles. The second kappa shape index (κ2) is 3.53. The molecule has 0 heterocycles. The van der Waals surface area contributed by atoms with Crippen molar-refractivity contribution in [2.75, 3.05) is 6.54 Å². The smallest absolute Gasteiger partial charge is 0.331 e. The fraction of sp³-hybridized carbons (Fsp3) is 0.625. The Labute approximate surface area is 65.9 Å². The van der Waals surface area contributed by atoms with Crippen LogP contribution in [0.25, 0.3) is 0 Å². The molecule has 1 aliphatic rings. The molecule has 0 bridgehead atoms. The first kappa shape index (κ1) is 8.27. The highest BCUT2D eigenvalue weighted by atomic mass is 16.4. The van der Waals surface area contributed by atoms with E-state index in [2.05, 4.69) is 0 Å². The molecule has 0 atom stereocenters. The van der Waals surface area contributed by atoms with Gasteiger partial charge in [-0.3, -0.25) is 0 Å². The van der Waals surface area contributed by atoms with E-state index in [1.165, 1.54) is 0 Å². The van der Waals surface area contributed by atoms with Crippen molar-refractivity contribution in [2.45, 2.75) is 25.7 Å². The van der Waals surface area contributed by atoms with E-state index in [1.54, 1.807) is 0 Å². The molecular formula is C8H13NO2. The van der Waals surface area contributed by atoms with E-state index in [1.807, 2.05) is 0 Å². The van der Waals surface area contributed by atoms with Crippen LogP contribution in [0.4, 0.5) is 0 Å². The number of hydrogen-bond acceptors (Lipinski definition) is 2. The van der Waals surface area contributed by atoms with Crippen LogP contribution < -0.4 is 5.73 Å². The van der Waals surface area contributed by atoms with Crippen LogP contribution in [0.15, 0.2) is 11.1 Å². The van der Waals surface area contributed by atoms with Crippen LogP contribution in [0.1, 0.15) is 25.7 Å². The summed E-state index contributed by atoms with van der Waals surface area (Å²) in [6, 6.07) is 0. The van der Waals surface area contributed by atoms with E-state index < -0.39 is 5.97 Å². The van der Waals surface area contributed by atoms with Crippen molar-refractivity contribution in [1.29, 1.82) is 0 Å². The monoisotopic (exact) mass is 155 g/mol. The average molecular weight is 155 g/mol. The Kier molecular flexibility index (Phi) is 2.65. The van der Waals surface area contributed by atoms with Crippen LogP contribution in [-0.2, 0) is 4.79 Å². The number of aliphatic carboxylic acids is 1. The second-order valence-electron chi connectivity index (χ2n) is 2.80. The molecule has 0 amide bonds. The van der Waals surface area contributed by atoms with Crippen molar-refractivity contribution >= 4 is 5.97 Å². The van der Waals surface area contributed by atoms with E-state index in [0.29, 0.717) is 18.5 Å². The maximum Gasteiger partial charge on any atom is 0.331 e. The molecule has 62 valence electrons. The molecule has 3 nitrogen and oxygen atoms in total. The first-order valence-electron chi connectivity index (χ1n) is 3.90. The zero-order chi connectivity index (χ0) is 8.27. The summed E-state index contributed by atoms with van der Waals surface area (Å²) >= 11 is 0. The first-order chi connectivity index (χ1) is 5.25. The Hall–Kier alpha value is -0.830. The average Bonchev–Trinajstić information content (AvgIpc) is 2.04. The van der Waals surface area contributed by atoms with Gasteiger partial charge >= 0.3 is 5.97 Å². The van der Waals surface area contributed by atoms with Gasteiger partial charge in [0.1, 0.15) is 0 Å². The predicted molar refractivity (Wildman–Crippen MR) is 42.2 cm³/mol. The van der Waals surface area contributed by atoms with E-state index in [-0.39, 0.29) is 0 Å². The lowest BCUT2D eigenvalue weighted by molar-refractivity contribution is -0.133. The third-order valence-electron chi connectivity index (χ3n) is 2.09. The number of carboxylic acid groups (broad SMARTS) is 1. The van der Waals surface area contributed by atoms with Crippen LogP contribution in [0.5, 0.6) is 0 Å². The summed E-state index contributed by atoms with van der Waals surface area (Å²) in [5.74, 6) is -0.787. The molecule has 0 saturated carbocycles. The third-order valence-corrected chi connectivity index (χ3v) is 2.09. The van der Waals surface area contributed by atoms with Gasteiger partial charge in [0, 0.05) is 12.1 Å². The van der Waals surface area contributed by atoms with Crippen LogP contribution in [-0.4, -0.2) is 17.6 Å². The summed E-state index contributed by atoms with van der Waals surface area (Å²) in [7, 11) is 0. The number of rotatable bonds is 2. The van der Waals surface area contributed by atoms with Gasteiger partial charge in [-0.05, 0) is 31.3 Å². The Morgan fingerprint density at radius 3 is 2.55 bits per heavy atom. The highest BCUT2D eigenvalue weighted by Gasteiger charge is 2.16. The molecule has 1 rings (SSSR count). The minimum absolute atomic E-state index is 0.404. The van der Waals surface area contributed by atoms with Gasteiger partial charge in [0.15, 0.2) is 0 Å². The predicted octanol–water partition coefficient (Wildman–Crippen LogP) is 0.900. The topological polar surface area (TPSA) is 63.3 Å². The molecule has 0 spiro atoms. The molecule has 0 aromatic rings. The molecule has 0 aromatic carbocycles. The Bertz CT molecular complexity index is 196. The fourth-order valence-electron chi connectivity index (χ4n) is 1.45. The van der Waals surface area contributed by atoms with E-state index >= 15 is 0 Å². The van der Waals surface area contributed by atoms with Crippen molar-refractivity contribution in [3.05, 3.63) is 11.1 Å². The lowest BCUT2D eigenvalue weighted by Crippen LogP contribution is -2.15. The highest BCUT2D eigenvalue weighted by molar-refractivity contribution is 5.87. The van der Waals surface area contributed by atoms with Crippen LogP contribution in [0, 0.1) is 0 Å². The standard InChI is InChI=1S/C8H13NO2/c9-5-6-3-1-2-4-7(6)8(10)11/h1-5,9H2,(H,10,11). The van der Waals surface area contributed by atoms with Crippen molar-refractivity contribution in [3.63, 3.8) is 0 Å². The first-order valence-corrected chi connectivity index (χ1v) is 3.90. The Morgan fingerprint density at radius 2 is 2.09 bits per heavy atom. The van der Waals surface area contributed by atoms with Crippen LogP contribution >= 0.6 is 0 Å². The summed E-state index contributed by atoms with van der Waals surface area (Å²) < 4.78 is 0. The second-order valence-corrected chi connectivity index (χ2v) is 2.80. The minimum atomic E-state index is -0.787. The maximum atomic E-state index is 10.6. The number of nitrogens with two attached hydrogens (primary N) is 1. The Morgan fingerprint density at radius 1 is 1.45 bits per heavy atom. The lowest BCUT2D eigenvalue weighted by Gasteiger charge is -2.15. The highest BCUT2D eigenvalue weighted by Crippen LogP contribution is 2.23. The minimum Gasteiger partial charge on any atom is -0.478 e. The number of hydrogen-bond donors (Lipinski definition) is 2. The summed E-state index contributed by atoms with van der Waals surface area (Å²) in [6.45, 7) is 0.404. The van der Waals surface area contributed by atoms with Crippen LogP contribution in [0.3, 0.4) is 0 Å². The SMILES string of the molecule is NCC1=C(C(=O)O)CCCC1. The quantitative estimate of drug-likeness (QED) is 0.622. The molecule has 0 radical (unpaired) electrons. The molecule has 0 aliphatic heterocycles. The molecule has 0 aromatic heterocycles. The lowest BCUT2D eigenvalue weighted by atomic mass is 9.92. The summed E-state index contributed by atoms with van der Waals surface area (Å²) in [6.07, 6.45) is 3.65. The number of carbonyl (C=O) groups is 1. The van der Waals surface area contributed by atoms with Crippen molar-refractivity contribution < 1.29 is 9.90 Å². The van der Waals surface area contributed by atoms with Crippen LogP contribution in [0.2, 0.25) is 0 Å². The molecule has 3 N–H and O–H groups in total. The zero-order valence-corrected chi connectivity index (χ0v) is 6.47. The fourth-order valence-corrected chi connectivity index (χ4v) is 1.45. The molecular weight excluding hydrogens is 142 g/mol. The van der Waals surface area contributed by atoms with Gasteiger partial charge in [0.2, 0.25) is 0 Å².